The van der Waals surface area contributed by atoms with Gasteiger partial charge in [-0.3, -0.25) is 4.68 Å². The molecule has 11 heteroatoms. The van der Waals surface area contributed by atoms with E-state index in [1.54, 1.807) is 41.9 Å². The molecule has 1 aliphatic carbocycles. The zero-order valence-electron chi connectivity index (χ0n) is 23.4. The number of thiophene rings is 1. The summed E-state index contributed by atoms with van der Waals surface area (Å²) in [5, 5.41) is 23.5. The normalized spacial score (nSPS) is 13.3. The first kappa shape index (κ1) is 28.5. The number of aryl methyl sites for hydroxylation is 2. The lowest BCUT2D eigenvalue weighted by Gasteiger charge is -2.13. The van der Waals surface area contributed by atoms with Crippen molar-refractivity contribution in [1.29, 1.82) is 0 Å². The van der Waals surface area contributed by atoms with E-state index in [4.69, 9.17) is 21.4 Å². The van der Waals surface area contributed by atoms with Gasteiger partial charge in [0.2, 0.25) is 0 Å². The fraction of sp³-hybridized carbons (Fsp3) is 0.323. The van der Waals surface area contributed by atoms with Crippen molar-refractivity contribution in [1.82, 2.24) is 25.1 Å². The van der Waals surface area contributed by atoms with Gasteiger partial charge in [0, 0.05) is 28.9 Å². The second kappa shape index (κ2) is 12.3. The standard InChI is InChI=1S/C31H32ClFN6O2S/c1-18(2)12-34-13-22(40)14-39-15-24-26(38-39)8-7-23-28-30(35-17-36-31(28)42-29(23)24)37-21-6-9-27(25(32)11-21)41-16-19-4-3-5-20(33)10-19/h3-6,9-11,15,17-18,22,34,40H,7-8,12-14,16H2,1-2H3,(H,35,36,37)/t22-/m1/s1. The second-order valence-electron chi connectivity index (χ2n) is 10.9. The van der Waals surface area contributed by atoms with Crippen LogP contribution in [-0.2, 0) is 26.0 Å². The number of hydrogen-bond acceptors (Lipinski definition) is 8. The largest absolute Gasteiger partial charge is 0.487 e. The summed E-state index contributed by atoms with van der Waals surface area (Å²) in [6.07, 6.45) is 4.72. The topological polar surface area (TPSA) is 97.1 Å². The highest BCUT2D eigenvalue weighted by molar-refractivity contribution is 7.22. The highest BCUT2D eigenvalue weighted by atomic mass is 35.5. The molecule has 1 aliphatic rings. The molecule has 5 aromatic rings. The van der Waals surface area contributed by atoms with Crippen LogP contribution in [0.4, 0.5) is 15.9 Å². The van der Waals surface area contributed by atoms with E-state index in [0.717, 1.165) is 57.0 Å². The molecule has 2 aromatic carbocycles. The maximum atomic E-state index is 13.5. The molecular formula is C31H32ClFN6O2S. The molecular weight excluding hydrogens is 575 g/mol. The van der Waals surface area contributed by atoms with Crippen molar-refractivity contribution in [3.05, 3.63) is 82.6 Å². The molecule has 0 fully saturated rings. The summed E-state index contributed by atoms with van der Waals surface area (Å²) in [4.78, 5) is 11.2. The van der Waals surface area contributed by atoms with Crippen LogP contribution in [-0.4, -0.2) is 44.0 Å². The van der Waals surface area contributed by atoms with Gasteiger partial charge in [-0.15, -0.1) is 11.3 Å². The second-order valence-corrected chi connectivity index (χ2v) is 12.3. The van der Waals surface area contributed by atoms with Gasteiger partial charge in [-0.1, -0.05) is 37.6 Å². The van der Waals surface area contributed by atoms with Crippen LogP contribution in [0.25, 0.3) is 20.7 Å². The number of benzene rings is 2. The van der Waals surface area contributed by atoms with Crippen LogP contribution in [0.15, 0.2) is 55.0 Å². The highest BCUT2D eigenvalue weighted by Crippen LogP contribution is 2.45. The van der Waals surface area contributed by atoms with Crippen LogP contribution in [0.2, 0.25) is 5.02 Å². The van der Waals surface area contributed by atoms with Crippen LogP contribution in [0, 0.1) is 11.7 Å². The Kier molecular flexibility index (Phi) is 8.39. The van der Waals surface area contributed by atoms with Crippen molar-refractivity contribution in [2.45, 2.75) is 45.9 Å². The van der Waals surface area contributed by atoms with E-state index in [-0.39, 0.29) is 12.4 Å². The summed E-state index contributed by atoms with van der Waals surface area (Å²) in [7, 11) is 0. The summed E-state index contributed by atoms with van der Waals surface area (Å²) < 4.78 is 21.2. The van der Waals surface area contributed by atoms with Crippen LogP contribution < -0.4 is 15.4 Å². The summed E-state index contributed by atoms with van der Waals surface area (Å²) in [6, 6.07) is 11.8. The number of fused-ring (bicyclic) bond motifs is 5. The summed E-state index contributed by atoms with van der Waals surface area (Å²) in [6.45, 7) is 6.35. The molecule has 0 bridgehead atoms. The number of aromatic nitrogens is 4. The molecule has 0 saturated carbocycles. The predicted molar refractivity (Wildman–Crippen MR) is 165 cm³/mol. The molecule has 8 nitrogen and oxygen atoms in total. The van der Waals surface area contributed by atoms with E-state index in [1.807, 2.05) is 16.9 Å². The van der Waals surface area contributed by atoms with Gasteiger partial charge in [-0.2, -0.15) is 5.10 Å². The minimum absolute atomic E-state index is 0.213. The molecule has 3 aromatic heterocycles. The smallest absolute Gasteiger partial charge is 0.142 e. The van der Waals surface area contributed by atoms with Gasteiger partial charge >= 0.3 is 0 Å². The Bertz CT molecular complexity index is 1720. The molecule has 0 spiro atoms. The highest BCUT2D eigenvalue weighted by Gasteiger charge is 2.27. The SMILES string of the molecule is CC(C)CNC[C@@H](O)Cn1cc2c(n1)CCc1c-2sc2ncnc(Nc3ccc(OCc4cccc(F)c4)c(Cl)c3)c12. The Labute approximate surface area is 252 Å². The number of halogens is 2. The molecule has 6 rings (SSSR count). The average molecular weight is 607 g/mol. The number of aliphatic hydroxyl groups is 1. The number of hydrogen-bond donors (Lipinski definition) is 3. The number of aliphatic hydroxyl groups excluding tert-OH is 1. The summed E-state index contributed by atoms with van der Waals surface area (Å²) >= 11 is 8.18. The van der Waals surface area contributed by atoms with E-state index in [9.17, 15) is 9.50 Å². The number of anilines is 2. The predicted octanol–water partition coefficient (Wildman–Crippen LogP) is 6.38. The third-order valence-corrected chi connectivity index (χ3v) is 8.56. The Morgan fingerprint density at radius 3 is 2.83 bits per heavy atom. The molecule has 0 saturated heterocycles. The molecule has 218 valence electrons. The van der Waals surface area contributed by atoms with Gasteiger partial charge in [0.05, 0.1) is 28.8 Å². The lowest BCUT2D eigenvalue weighted by Crippen LogP contribution is -2.32. The Morgan fingerprint density at radius 1 is 1.14 bits per heavy atom. The molecule has 3 N–H and O–H groups in total. The fourth-order valence-corrected chi connectivity index (χ4v) is 6.61. The molecule has 0 amide bonds. The first-order valence-corrected chi connectivity index (χ1v) is 15.2. The molecule has 0 unspecified atom stereocenters. The van der Waals surface area contributed by atoms with E-state index >= 15 is 0 Å². The monoisotopic (exact) mass is 606 g/mol. The van der Waals surface area contributed by atoms with Gasteiger partial charge in [0.15, 0.2) is 0 Å². The van der Waals surface area contributed by atoms with E-state index < -0.39 is 6.10 Å². The minimum atomic E-state index is -0.515. The van der Waals surface area contributed by atoms with Gasteiger partial charge in [0.1, 0.15) is 35.1 Å². The summed E-state index contributed by atoms with van der Waals surface area (Å²) in [5.41, 5.74) is 4.82. The van der Waals surface area contributed by atoms with Gasteiger partial charge in [-0.05, 0) is 66.8 Å². The molecule has 0 radical (unpaired) electrons. The molecule has 1 atom stereocenters. The lowest BCUT2D eigenvalue weighted by molar-refractivity contribution is 0.146. The quantitative estimate of drug-likeness (QED) is 0.161. The van der Waals surface area contributed by atoms with Crippen molar-refractivity contribution in [2.24, 2.45) is 5.92 Å². The first-order valence-electron chi connectivity index (χ1n) is 14.0. The van der Waals surface area contributed by atoms with Crippen LogP contribution >= 0.6 is 22.9 Å². The zero-order chi connectivity index (χ0) is 29.2. The Morgan fingerprint density at radius 2 is 2.02 bits per heavy atom. The van der Waals surface area contributed by atoms with Crippen LogP contribution in [0.3, 0.4) is 0 Å². The van der Waals surface area contributed by atoms with Gasteiger partial charge in [0.25, 0.3) is 0 Å². The van der Waals surface area contributed by atoms with E-state index in [1.165, 1.54) is 17.7 Å². The van der Waals surface area contributed by atoms with Crippen molar-refractivity contribution in [3.63, 3.8) is 0 Å². The Balaban J connectivity index is 1.19. The Hall–Kier alpha value is -3.57. The zero-order valence-corrected chi connectivity index (χ0v) is 25.0. The molecule has 0 aliphatic heterocycles. The number of ether oxygens (including phenoxy) is 1. The maximum Gasteiger partial charge on any atom is 0.142 e. The number of nitrogens with one attached hydrogen (secondary N) is 2. The lowest BCUT2D eigenvalue weighted by atomic mass is 9.95. The van der Waals surface area contributed by atoms with Crippen molar-refractivity contribution >= 4 is 44.7 Å². The molecule has 3 heterocycles. The maximum absolute atomic E-state index is 13.5. The molecule has 42 heavy (non-hydrogen) atoms. The number of rotatable bonds is 11. The van der Waals surface area contributed by atoms with Crippen molar-refractivity contribution in [2.75, 3.05) is 18.4 Å². The van der Waals surface area contributed by atoms with E-state index in [2.05, 4.69) is 34.4 Å². The average Bonchev–Trinajstić information content (AvgIpc) is 3.54. The third kappa shape index (κ3) is 6.27. The van der Waals surface area contributed by atoms with Gasteiger partial charge < -0.3 is 20.5 Å². The minimum Gasteiger partial charge on any atom is -0.487 e. The van der Waals surface area contributed by atoms with Crippen LogP contribution in [0.5, 0.6) is 5.75 Å². The summed E-state index contributed by atoms with van der Waals surface area (Å²) in [5.74, 6) is 1.45. The van der Waals surface area contributed by atoms with Crippen molar-refractivity contribution in [3.8, 4) is 16.2 Å². The number of nitrogens with zero attached hydrogens (tertiary/aromatic N) is 4. The van der Waals surface area contributed by atoms with Crippen LogP contribution in [0.1, 0.15) is 30.7 Å². The van der Waals surface area contributed by atoms with Gasteiger partial charge in [-0.25, -0.2) is 14.4 Å². The first-order chi connectivity index (χ1) is 20.3. The third-order valence-electron chi connectivity index (χ3n) is 7.09. The van der Waals surface area contributed by atoms with Crippen molar-refractivity contribution < 1.29 is 14.2 Å². The van der Waals surface area contributed by atoms with E-state index in [0.29, 0.717) is 35.6 Å². The fourth-order valence-electron chi connectivity index (χ4n) is 5.15.